The second-order valence-corrected chi connectivity index (χ2v) is 4.41. The number of nitrogens with one attached hydrogen (secondary N) is 2. The van der Waals surface area contributed by atoms with Gasteiger partial charge in [0.1, 0.15) is 5.82 Å². The van der Waals surface area contributed by atoms with Gasteiger partial charge in [0.15, 0.2) is 11.6 Å². The normalized spacial score (nSPS) is 10.1. The number of rotatable bonds is 3. The number of amides is 1. The second-order valence-electron chi connectivity index (χ2n) is 4.41. The predicted molar refractivity (Wildman–Crippen MR) is 82.0 cm³/mol. The summed E-state index contributed by atoms with van der Waals surface area (Å²) < 4.78 is 5.03. The molecular formula is C15H11N5O3. The van der Waals surface area contributed by atoms with E-state index >= 15 is 0 Å². The highest BCUT2D eigenvalue weighted by Gasteiger charge is 2.07. The van der Waals surface area contributed by atoms with Crippen molar-refractivity contribution in [1.29, 1.82) is 0 Å². The molecule has 0 atom stereocenters. The van der Waals surface area contributed by atoms with Gasteiger partial charge in [0.2, 0.25) is 0 Å². The third kappa shape index (κ3) is 3.76. The largest absolute Gasteiger partial charge is 0.418 e. The molecule has 2 aromatic heterocycles. The van der Waals surface area contributed by atoms with Crippen molar-refractivity contribution in [3.63, 3.8) is 0 Å². The summed E-state index contributed by atoms with van der Waals surface area (Å²) in [6.45, 7) is 0. The molecule has 1 amide bonds. The van der Waals surface area contributed by atoms with Gasteiger partial charge in [-0.15, -0.1) is 0 Å². The standard InChI is InChI=1S/C15H11N5O3/c21-14-16-7-6-12(19-14)20-15(22)23-11-8-17-13(18-9-11)10-4-2-1-3-5-10/h1-9H,(H2,16,19,20,21,22). The fraction of sp³-hybridized carbons (Fsp3) is 0. The first-order chi connectivity index (χ1) is 11.2. The quantitative estimate of drug-likeness (QED) is 0.764. The Morgan fingerprint density at radius 2 is 1.78 bits per heavy atom. The fourth-order valence-electron chi connectivity index (χ4n) is 1.79. The van der Waals surface area contributed by atoms with Crippen LogP contribution in [0.25, 0.3) is 11.4 Å². The minimum absolute atomic E-state index is 0.178. The van der Waals surface area contributed by atoms with E-state index in [2.05, 4.69) is 25.3 Å². The van der Waals surface area contributed by atoms with Gasteiger partial charge in [0.25, 0.3) is 0 Å². The molecule has 114 valence electrons. The Morgan fingerprint density at radius 3 is 2.48 bits per heavy atom. The van der Waals surface area contributed by atoms with Crippen LogP contribution >= 0.6 is 0 Å². The van der Waals surface area contributed by atoms with Crippen molar-refractivity contribution in [3.05, 3.63) is 65.5 Å². The summed E-state index contributed by atoms with van der Waals surface area (Å²) >= 11 is 0. The summed E-state index contributed by atoms with van der Waals surface area (Å²) in [5, 5.41) is 2.37. The number of hydrogen-bond donors (Lipinski definition) is 2. The van der Waals surface area contributed by atoms with Crippen LogP contribution in [0.4, 0.5) is 10.6 Å². The molecule has 0 fully saturated rings. The number of carbonyl (C=O) groups excluding carboxylic acids is 1. The maximum atomic E-state index is 11.7. The summed E-state index contributed by atoms with van der Waals surface area (Å²) in [5.41, 5.74) is 0.288. The average Bonchev–Trinajstić information content (AvgIpc) is 2.56. The van der Waals surface area contributed by atoms with Crippen molar-refractivity contribution in [3.8, 4) is 17.1 Å². The molecule has 0 aliphatic heterocycles. The number of carbonyl (C=O) groups is 1. The van der Waals surface area contributed by atoms with Crippen LogP contribution in [0.5, 0.6) is 5.75 Å². The molecule has 1 aromatic carbocycles. The van der Waals surface area contributed by atoms with Crippen molar-refractivity contribution >= 4 is 11.9 Å². The molecule has 2 heterocycles. The first-order valence-electron chi connectivity index (χ1n) is 6.62. The number of aromatic amines is 1. The number of anilines is 1. The van der Waals surface area contributed by atoms with Gasteiger partial charge >= 0.3 is 11.8 Å². The highest BCUT2D eigenvalue weighted by atomic mass is 16.6. The molecule has 0 saturated heterocycles. The van der Waals surface area contributed by atoms with Crippen LogP contribution in [-0.4, -0.2) is 26.0 Å². The molecule has 0 radical (unpaired) electrons. The zero-order valence-electron chi connectivity index (χ0n) is 11.8. The topological polar surface area (TPSA) is 110 Å². The van der Waals surface area contributed by atoms with Crippen LogP contribution in [0, 0.1) is 0 Å². The number of benzene rings is 1. The van der Waals surface area contributed by atoms with Crippen molar-refractivity contribution in [2.75, 3.05) is 5.32 Å². The molecule has 3 aromatic rings. The lowest BCUT2D eigenvalue weighted by molar-refractivity contribution is 0.214. The van der Waals surface area contributed by atoms with Crippen LogP contribution in [0.15, 0.2) is 59.8 Å². The molecular weight excluding hydrogens is 298 g/mol. The van der Waals surface area contributed by atoms with E-state index in [4.69, 9.17) is 4.74 Å². The molecule has 0 aliphatic rings. The van der Waals surface area contributed by atoms with E-state index in [1.54, 1.807) is 0 Å². The lowest BCUT2D eigenvalue weighted by Crippen LogP contribution is -2.20. The summed E-state index contributed by atoms with van der Waals surface area (Å²) in [6.07, 6.45) is 3.28. The van der Waals surface area contributed by atoms with E-state index < -0.39 is 11.8 Å². The molecule has 8 nitrogen and oxygen atoms in total. The smallest absolute Gasteiger partial charge is 0.407 e. The third-order valence-corrected chi connectivity index (χ3v) is 2.78. The van der Waals surface area contributed by atoms with Gasteiger partial charge in [-0.2, -0.15) is 0 Å². The summed E-state index contributed by atoms with van der Waals surface area (Å²) in [4.78, 5) is 36.8. The van der Waals surface area contributed by atoms with Crippen molar-refractivity contribution in [2.45, 2.75) is 0 Å². The zero-order chi connectivity index (χ0) is 16.1. The Kier molecular flexibility index (Phi) is 4.05. The molecule has 0 bridgehead atoms. The molecule has 0 spiro atoms. The first kappa shape index (κ1) is 14.4. The molecule has 2 N–H and O–H groups in total. The monoisotopic (exact) mass is 309 g/mol. The van der Waals surface area contributed by atoms with Gasteiger partial charge in [-0.25, -0.2) is 24.5 Å². The maximum Gasteiger partial charge on any atom is 0.418 e. The van der Waals surface area contributed by atoms with Gasteiger partial charge in [0.05, 0.1) is 12.4 Å². The Morgan fingerprint density at radius 1 is 1.04 bits per heavy atom. The van der Waals surface area contributed by atoms with Crippen LogP contribution in [0.2, 0.25) is 0 Å². The van der Waals surface area contributed by atoms with Crippen LogP contribution in [0.1, 0.15) is 0 Å². The van der Waals surface area contributed by atoms with E-state index in [1.165, 1.54) is 24.7 Å². The van der Waals surface area contributed by atoms with E-state index in [1.807, 2.05) is 30.3 Å². The Hall–Kier alpha value is -3.55. The molecule has 23 heavy (non-hydrogen) atoms. The molecule has 3 rings (SSSR count). The summed E-state index contributed by atoms with van der Waals surface area (Å²) in [6, 6.07) is 10.8. The fourth-order valence-corrected chi connectivity index (χ4v) is 1.79. The maximum absolute atomic E-state index is 11.7. The predicted octanol–water partition coefficient (Wildman–Crippen LogP) is 1.84. The molecule has 0 saturated carbocycles. The summed E-state index contributed by atoms with van der Waals surface area (Å²) in [7, 11) is 0. The minimum atomic E-state index is -0.775. The van der Waals surface area contributed by atoms with E-state index in [0.717, 1.165) is 5.56 Å². The van der Waals surface area contributed by atoms with Gasteiger partial charge in [-0.3, -0.25) is 10.3 Å². The second kappa shape index (κ2) is 6.48. The molecule has 0 unspecified atom stereocenters. The number of hydrogen-bond acceptors (Lipinski definition) is 6. The molecule has 8 heteroatoms. The highest BCUT2D eigenvalue weighted by Crippen LogP contribution is 2.16. The van der Waals surface area contributed by atoms with Gasteiger partial charge in [0, 0.05) is 11.8 Å². The van der Waals surface area contributed by atoms with Crippen LogP contribution in [0.3, 0.4) is 0 Å². The SMILES string of the molecule is O=C(Nc1ccnc(=O)[nH]1)Oc1cnc(-c2ccccc2)nc1. The first-order valence-corrected chi connectivity index (χ1v) is 6.62. The highest BCUT2D eigenvalue weighted by molar-refractivity contribution is 5.84. The van der Waals surface area contributed by atoms with Gasteiger partial charge < -0.3 is 4.74 Å². The lowest BCUT2D eigenvalue weighted by atomic mass is 10.2. The Bertz CT molecular complexity index is 862. The van der Waals surface area contributed by atoms with E-state index in [-0.39, 0.29) is 11.6 Å². The molecule has 0 aliphatic carbocycles. The average molecular weight is 309 g/mol. The number of aromatic nitrogens is 4. The Labute approximate surface area is 130 Å². The van der Waals surface area contributed by atoms with Crippen molar-refractivity contribution in [1.82, 2.24) is 19.9 Å². The summed E-state index contributed by atoms with van der Waals surface area (Å²) in [5.74, 6) is 0.882. The van der Waals surface area contributed by atoms with Gasteiger partial charge in [-0.1, -0.05) is 30.3 Å². The zero-order valence-corrected chi connectivity index (χ0v) is 11.8. The number of nitrogens with zero attached hydrogens (tertiary/aromatic N) is 3. The number of H-pyrrole nitrogens is 1. The van der Waals surface area contributed by atoms with Crippen molar-refractivity contribution < 1.29 is 9.53 Å². The number of ether oxygens (including phenoxy) is 1. The van der Waals surface area contributed by atoms with Crippen LogP contribution in [-0.2, 0) is 0 Å². The van der Waals surface area contributed by atoms with Crippen molar-refractivity contribution in [2.24, 2.45) is 0 Å². The lowest BCUT2D eigenvalue weighted by Gasteiger charge is -2.06. The van der Waals surface area contributed by atoms with E-state index in [0.29, 0.717) is 5.82 Å². The third-order valence-electron chi connectivity index (χ3n) is 2.78. The minimum Gasteiger partial charge on any atom is -0.407 e. The van der Waals surface area contributed by atoms with Crippen LogP contribution < -0.4 is 15.7 Å². The van der Waals surface area contributed by atoms with Gasteiger partial charge in [-0.05, 0) is 6.07 Å². The van der Waals surface area contributed by atoms with E-state index in [9.17, 15) is 9.59 Å². The Balaban J connectivity index is 1.66.